The summed E-state index contributed by atoms with van der Waals surface area (Å²) in [7, 11) is 0. The van der Waals surface area contributed by atoms with Crippen molar-refractivity contribution < 1.29 is 27.9 Å². The minimum Gasteiger partial charge on any atom is -0.479 e. The van der Waals surface area contributed by atoms with Gasteiger partial charge >= 0.3 is 12.1 Å². The number of para-hydroxylation sites is 1. The van der Waals surface area contributed by atoms with E-state index in [9.17, 15) is 22.8 Å². The van der Waals surface area contributed by atoms with Crippen LogP contribution < -0.4 is 10.6 Å². The Labute approximate surface area is 118 Å². The lowest BCUT2D eigenvalue weighted by atomic mass is 10.0. The largest absolute Gasteiger partial charge is 0.479 e. The van der Waals surface area contributed by atoms with E-state index in [1.165, 1.54) is 0 Å². The maximum atomic E-state index is 12.8. The second-order valence-electron chi connectivity index (χ2n) is 4.98. The smallest absolute Gasteiger partial charge is 0.422 e. The van der Waals surface area contributed by atoms with E-state index in [-0.39, 0.29) is 6.42 Å². The molecular weight excluding hydrogens is 289 g/mol. The van der Waals surface area contributed by atoms with Gasteiger partial charge in [0.1, 0.15) is 6.04 Å². The van der Waals surface area contributed by atoms with Crippen LogP contribution in [0.25, 0.3) is 0 Å². The molecule has 1 aliphatic heterocycles. The molecule has 1 unspecified atom stereocenters. The normalized spacial score (nSPS) is 20.1. The first-order valence-electron chi connectivity index (χ1n) is 6.12. The fourth-order valence-corrected chi connectivity index (χ4v) is 2.04. The predicted octanol–water partition coefficient (Wildman–Crippen LogP) is 1.54. The Morgan fingerprint density at radius 3 is 2.48 bits per heavy atom. The number of aliphatic carboxylic acids is 1. The van der Waals surface area contributed by atoms with Gasteiger partial charge in [-0.2, -0.15) is 13.2 Å². The van der Waals surface area contributed by atoms with Crippen molar-refractivity contribution >= 4 is 17.6 Å². The van der Waals surface area contributed by atoms with Crippen molar-refractivity contribution in [2.45, 2.75) is 31.1 Å². The number of carbonyl (C=O) groups excluding carboxylic acids is 1. The van der Waals surface area contributed by atoms with Gasteiger partial charge in [-0.15, -0.1) is 0 Å². The highest BCUT2D eigenvalue weighted by molar-refractivity contribution is 5.92. The van der Waals surface area contributed by atoms with Gasteiger partial charge in [0, 0.05) is 12.1 Å². The number of fused-ring (bicyclic) bond motifs is 1. The Kier molecular flexibility index (Phi) is 3.56. The number of carboxylic acids is 1. The molecule has 0 radical (unpaired) electrons. The van der Waals surface area contributed by atoms with E-state index in [1.54, 1.807) is 29.6 Å². The first-order valence-corrected chi connectivity index (χ1v) is 6.12. The second-order valence-corrected chi connectivity index (χ2v) is 4.98. The van der Waals surface area contributed by atoms with E-state index in [1.807, 2.05) is 0 Å². The van der Waals surface area contributed by atoms with E-state index in [0.29, 0.717) is 12.6 Å². The lowest BCUT2D eigenvalue weighted by Crippen LogP contribution is -2.63. The molecule has 0 aliphatic carbocycles. The SMILES string of the molecule is CC(NC(=O)[C@@H]1Cc2ccccc2N1)(C(=O)O)C(F)(F)F. The Hall–Kier alpha value is -2.25. The van der Waals surface area contributed by atoms with Crippen molar-refractivity contribution in [3.63, 3.8) is 0 Å². The van der Waals surface area contributed by atoms with Gasteiger partial charge in [-0.05, 0) is 18.6 Å². The highest BCUT2D eigenvalue weighted by atomic mass is 19.4. The summed E-state index contributed by atoms with van der Waals surface area (Å²) >= 11 is 0. The Morgan fingerprint density at radius 2 is 1.95 bits per heavy atom. The lowest BCUT2D eigenvalue weighted by Gasteiger charge is -2.29. The first kappa shape index (κ1) is 15.1. The summed E-state index contributed by atoms with van der Waals surface area (Å²) in [4.78, 5) is 22.8. The number of halogens is 3. The van der Waals surface area contributed by atoms with Gasteiger partial charge in [0.25, 0.3) is 0 Å². The number of anilines is 1. The Bertz CT molecular complexity index is 563. The fourth-order valence-electron chi connectivity index (χ4n) is 2.04. The molecule has 8 heteroatoms. The molecule has 1 aromatic carbocycles. The molecule has 0 bridgehead atoms. The monoisotopic (exact) mass is 302 g/mol. The van der Waals surface area contributed by atoms with Crippen LogP contribution in [-0.2, 0) is 16.0 Å². The molecule has 0 saturated heterocycles. The third-order valence-electron chi connectivity index (χ3n) is 3.46. The number of hydrogen-bond acceptors (Lipinski definition) is 3. The minimum atomic E-state index is -5.10. The molecule has 2 atom stereocenters. The van der Waals surface area contributed by atoms with Crippen molar-refractivity contribution in [2.75, 3.05) is 5.32 Å². The zero-order valence-corrected chi connectivity index (χ0v) is 11.0. The summed E-state index contributed by atoms with van der Waals surface area (Å²) in [6, 6.07) is 5.99. The molecule has 0 fully saturated rings. The third-order valence-corrected chi connectivity index (χ3v) is 3.46. The average Bonchev–Trinajstić information content (AvgIpc) is 2.80. The van der Waals surface area contributed by atoms with Crippen LogP contribution in [0.4, 0.5) is 18.9 Å². The molecule has 1 heterocycles. The van der Waals surface area contributed by atoms with Crippen LogP contribution in [0, 0.1) is 0 Å². The highest BCUT2D eigenvalue weighted by Gasteiger charge is 2.59. The summed E-state index contributed by atoms with van der Waals surface area (Å²) < 4.78 is 38.5. The summed E-state index contributed by atoms with van der Waals surface area (Å²) in [5, 5.41) is 13.1. The number of carboxylic acid groups (broad SMARTS) is 1. The molecule has 1 amide bonds. The maximum absolute atomic E-state index is 12.8. The molecule has 1 aromatic rings. The Balaban J connectivity index is 2.14. The summed E-state index contributed by atoms with van der Waals surface area (Å²) in [5.74, 6) is -3.16. The lowest BCUT2D eigenvalue weighted by molar-refractivity contribution is -0.207. The zero-order chi connectivity index (χ0) is 15.8. The van der Waals surface area contributed by atoms with Crippen molar-refractivity contribution in [3.8, 4) is 0 Å². The van der Waals surface area contributed by atoms with Crippen LogP contribution >= 0.6 is 0 Å². The molecule has 114 valence electrons. The van der Waals surface area contributed by atoms with Crippen molar-refractivity contribution in [2.24, 2.45) is 0 Å². The molecular formula is C13H13F3N2O3. The zero-order valence-electron chi connectivity index (χ0n) is 11.0. The second kappa shape index (κ2) is 4.94. The molecule has 0 spiro atoms. The molecule has 5 nitrogen and oxygen atoms in total. The van der Waals surface area contributed by atoms with Gasteiger partial charge in [-0.1, -0.05) is 18.2 Å². The Morgan fingerprint density at radius 1 is 1.33 bits per heavy atom. The van der Waals surface area contributed by atoms with E-state index < -0.39 is 29.6 Å². The van der Waals surface area contributed by atoms with Crippen molar-refractivity contribution in [1.82, 2.24) is 5.32 Å². The number of benzene rings is 1. The number of rotatable bonds is 3. The number of carbonyl (C=O) groups is 2. The predicted molar refractivity (Wildman–Crippen MR) is 67.8 cm³/mol. The van der Waals surface area contributed by atoms with Gasteiger partial charge in [0.2, 0.25) is 11.4 Å². The van der Waals surface area contributed by atoms with Gasteiger partial charge < -0.3 is 15.7 Å². The molecule has 0 saturated carbocycles. The van der Waals surface area contributed by atoms with Crippen LogP contribution in [0.15, 0.2) is 24.3 Å². The van der Waals surface area contributed by atoms with Gasteiger partial charge in [-0.3, -0.25) is 4.79 Å². The molecule has 2 rings (SSSR count). The molecule has 21 heavy (non-hydrogen) atoms. The van der Waals surface area contributed by atoms with Crippen LogP contribution in [-0.4, -0.2) is 34.7 Å². The topological polar surface area (TPSA) is 78.4 Å². The van der Waals surface area contributed by atoms with Crippen LogP contribution in [0.5, 0.6) is 0 Å². The van der Waals surface area contributed by atoms with E-state index in [0.717, 1.165) is 5.56 Å². The van der Waals surface area contributed by atoms with Crippen LogP contribution in [0.3, 0.4) is 0 Å². The quantitative estimate of drug-likeness (QED) is 0.791. The van der Waals surface area contributed by atoms with Gasteiger partial charge in [-0.25, -0.2) is 4.79 Å². The first-order chi connectivity index (χ1) is 9.65. The number of alkyl halides is 3. The average molecular weight is 302 g/mol. The summed E-state index contributed by atoms with van der Waals surface area (Å²) in [6.45, 7) is 0.426. The molecule has 3 N–H and O–H groups in total. The third kappa shape index (κ3) is 2.65. The van der Waals surface area contributed by atoms with Crippen molar-refractivity contribution in [1.29, 1.82) is 0 Å². The number of hydrogen-bond donors (Lipinski definition) is 3. The fraction of sp³-hybridized carbons (Fsp3) is 0.385. The standard InChI is InChI=1S/C13H13F3N2O3/c1-12(11(20)21,13(14,15)16)18-10(19)9-6-7-4-2-3-5-8(7)17-9/h2-5,9,17H,6H2,1H3,(H,18,19)(H,20,21)/t9-,12?/m0/s1. The number of nitrogens with one attached hydrogen (secondary N) is 2. The van der Waals surface area contributed by atoms with Gasteiger partial charge in [0.15, 0.2) is 0 Å². The van der Waals surface area contributed by atoms with Crippen molar-refractivity contribution in [3.05, 3.63) is 29.8 Å². The maximum Gasteiger partial charge on any atom is 0.422 e. The molecule has 1 aliphatic rings. The van der Waals surface area contributed by atoms with Crippen LogP contribution in [0.2, 0.25) is 0 Å². The summed E-state index contributed by atoms with van der Waals surface area (Å²) in [6.07, 6.45) is -4.89. The van der Waals surface area contributed by atoms with E-state index >= 15 is 0 Å². The summed E-state index contributed by atoms with van der Waals surface area (Å²) in [5.41, 5.74) is -1.87. The molecule has 0 aromatic heterocycles. The van der Waals surface area contributed by atoms with Crippen LogP contribution in [0.1, 0.15) is 12.5 Å². The minimum absolute atomic E-state index is 0.204. The van der Waals surface area contributed by atoms with Gasteiger partial charge in [0.05, 0.1) is 0 Å². The van der Waals surface area contributed by atoms with E-state index in [4.69, 9.17) is 5.11 Å². The highest BCUT2D eigenvalue weighted by Crippen LogP contribution is 2.31. The van der Waals surface area contributed by atoms with E-state index in [2.05, 4.69) is 5.32 Å². The number of amides is 1.